The highest BCUT2D eigenvalue weighted by atomic mass is 35.5. The predicted octanol–water partition coefficient (Wildman–Crippen LogP) is 5.61. The molecule has 1 amide bonds. The Balaban J connectivity index is 1.46. The van der Waals surface area contributed by atoms with Crippen molar-refractivity contribution in [3.05, 3.63) is 40.8 Å². The summed E-state index contributed by atoms with van der Waals surface area (Å²) >= 11 is 6.20. The fourth-order valence-electron chi connectivity index (χ4n) is 5.25. The topological polar surface area (TPSA) is 78.1 Å². The monoisotopic (exact) mass is 484 g/mol. The lowest BCUT2D eigenvalue weighted by Gasteiger charge is -2.47. The van der Waals surface area contributed by atoms with E-state index in [1.165, 1.54) is 0 Å². The molecule has 2 N–H and O–H groups in total. The number of benzene rings is 1. The number of carbonyl (C=O) groups excluding carboxylic acids is 2. The van der Waals surface area contributed by atoms with Crippen molar-refractivity contribution in [3.63, 3.8) is 0 Å². The van der Waals surface area contributed by atoms with Crippen molar-refractivity contribution >= 4 is 23.3 Å². The van der Waals surface area contributed by atoms with E-state index in [4.69, 9.17) is 11.6 Å². The van der Waals surface area contributed by atoms with E-state index in [9.17, 15) is 9.59 Å². The second kappa shape index (κ2) is 11.0. The Morgan fingerprint density at radius 2 is 1.91 bits per heavy atom. The number of halogens is 1. The number of aromatic nitrogens is 2. The summed E-state index contributed by atoms with van der Waals surface area (Å²) in [7, 11) is 0. The Bertz CT molecular complexity index is 996. The smallest absolute Gasteiger partial charge is 0.226 e. The van der Waals surface area contributed by atoms with Gasteiger partial charge in [-0.1, -0.05) is 37.4 Å². The predicted molar refractivity (Wildman–Crippen MR) is 136 cm³/mol. The van der Waals surface area contributed by atoms with Gasteiger partial charge in [0.1, 0.15) is 11.6 Å². The molecular weight excluding hydrogens is 448 g/mol. The van der Waals surface area contributed by atoms with Gasteiger partial charge in [0, 0.05) is 17.9 Å². The lowest BCUT2D eigenvalue weighted by atomic mass is 9.71. The van der Waals surface area contributed by atoms with Crippen molar-refractivity contribution in [2.24, 2.45) is 5.41 Å². The number of aromatic amines is 1. The number of unbranched alkanes of at least 4 members (excludes halogenated alkanes) is 2. The second-order valence-corrected chi connectivity index (χ2v) is 10.4. The van der Waals surface area contributed by atoms with Crippen LogP contribution in [-0.4, -0.2) is 46.2 Å². The normalized spacial score (nSPS) is 22.5. The highest BCUT2D eigenvalue weighted by molar-refractivity contribution is 6.31. The fraction of sp³-hybridized carbons (Fsp3) is 0.593. The van der Waals surface area contributed by atoms with Crippen molar-refractivity contribution in [2.45, 2.75) is 77.7 Å². The van der Waals surface area contributed by atoms with E-state index in [0.29, 0.717) is 18.6 Å². The Morgan fingerprint density at radius 1 is 1.18 bits per heavy atom. The highest BCUT2D eigenvalue weighted by Crippen LogP contribution is 2.41. The van der Waals surface area contributed by atoms with Crippen LogP contribution in [0.4, 0.5) is 0 Å². The first-order valence-corrected chi connectivity index (χ1v) is 13.1. The van der Waals surface area contributed by atoms with E-state index >= 15 is 0 Å². The summed E-state index contributed by atoms with van der Waals surface area (Å²) in [5.41, 5.74) is 2.74. The van der Waals surface area contributed by atoms with Crippen molar-refractivity contribution in [1.29, 1.82) is 0 Å². The molecule has 3 fully saturated rings. The van der Waals surface area contributed by atoms with Gasteiger partial charge in [-0.25, -0.2) is 4.98 Å². The number of rotatable bonds is 11. The highest BCUT2D eigenvalue weighted by Gasteiger charge is 2.45. The number of ketones is 1. The van der Waals surface area contributed by atoms with Gasteiger partial charge in [0.2, 0.25) is 5.91 Å². The molecule has 0 aliphatic carbocycles. The Labute approximate surface area is 207 Å². The molecule has 7 heteroatoms. The molecule has 0 spiro atoms. The second-order valence-electron chi connectivity index (χ2n) is 10.0. The van der Waals surface area contributed by atoms with Crippen LogP contribution in [0.3, 0.4) is 0 Å². The summed E-state index contributed by atoms with van der Waals surface area (Å²) in [5.74, 6) is 1.30. The molecule has 2 bridgehead atoms. The van der Waals surface area contributed by atoms with Crippen LogP contribution in [0.5, 0.6) is 0 Å². The van der Waals surface area contributed by atoms with Crippen molar-refractivity contribution in [1.82, 2.24) is 20.2 Å². The van der Waals surface area contributed by atoms with Gasteiger partial charge in [0.25, 0.3) is 0 Å². The average Bonchev–Trinajstić information content (AvgIpc) is 3.36. The van der Waals surface area contributed by atoms with E-state index < -0.39 is 0 Å². The standard InChI is InChI=1S/C27H37ClN4O2/c1-3-21(33)7-5-4-6-8-23(31-26(34)27-11-14-32(15-12-27)16-13-27)25-29-18-24(30-25)20-9-10-22(28)19(2)17-20/h9-10,17-18,23H,3-8,11-16H2,1-2H3,(H,29,30)(H,31,34)/t23-/m0/s1. The molecular formula is C27H37ClN4O2. The number of aryl methyl sites for hydroxylation is 1. The van der Waals surface area contributed by atoms with Gasteiger partial charge in [-0.3, -0.25) is 9.59 Å². The van der Waals surface area contributed by atoms with Gasteiger partial charge in [0.15, 0.2) is 0 Å². The number of nitrogens with zero attached hydrogens (tertiary/aromatic N) is 2. The van der Waals surface area contributed by atoms with Gasteiger partial charge in [0.05, 0.1) is 23.3 Å². The van der Waals surface area contributed by atoms with E-state index in [0.717, 1.165) is 92.2 Å². The number of carbonyl (C=O) groups is 2. The van der Waals surface area contributed by atoms with Crippen LogP contribution in [0, 0.1) is 12.3 Å². The number of nitrogens with one attached hydrogen (secondary N) is 2. The zero-order valence-corrected chi connectivity index (χ0v) is 21.2. The maximum Gasteiger partial charge on any atom is 0.226 e. The molecule has 1 aromatic heterocycles. The minimum atomic E-state index is -0.233. The fourth-order valence-corrected chi connectivity index (χ4v) is 5.37. The molecule has 4 heterocycles. The molecule has 34 heavy (non-hydrogen) atoms. The molecule has 5 rings (SSSR count). The Morgan fingerprint density at radius 3 is 2.59 bits per heavy atom. The Kier molecular flexibility index (Phi) is 8.10. The maximum absolute atomic E-state index is 13.5. The van der Waals surface area contributed by atoms with E-state index in [-0.39, 0.29) is 17.4 Å². The molecule has 1 atom stereocenters. The minimum absolute atomic E-state index is 0.161. The van der Waals surface area contributed by atoms with Crippen LogP contribution < -0.4 is 5.32 Å². The first-order chi connectivity index (χ1) is 16.4. The van der Waals surface area contributed by atoms with Crippen molar-refractivity contribution in [3.8, 4) is 11.3 Å². The van der Waals surface area contributed by atoms with Gasteiger partial charge in [-0.05, 0) is 81.9 Å². The first kappa shape index (κ1) is 24.9. The summed E-state index contributed by atoms with van der Waals surface area (Å²) in [6, 6.07) is 5.77. The molecule has 3 saturated heterocycles. The molecule has 0 saturated carbocycles. The number of hydrogen-bond acceptors (Lipinski definition) is 4. The molecule has 6 nitrogen and oxygen atoms in total. The molecule has 0 radical (unpaired) electrons. The van der Waals surface area contributed by atoms with Crippen LogP contribution in [0.15, 0.2) is 24.4 Å². The summed E-state index contributed by atoms with van der Waals surface area (Å²) in [5, 5.41) is 4.12. The zero-order valence-electron chi connectivity index (χ0n) is 20.5. The quantitative estimate of drug-likeness (QED) is 0.406. The minimum Gasteiger partial charge on any atom is -0.346 e. The maximum atomic E-state index is 13.5. The largest absolute Gasteiger partial charge is 0.346 e. The van der Waals surface area contributed by atoms with Crippen LogP contribution in [-0.2, 0) is 9.59 Å². The SMILES string of the molecule is CCC(=O)CCCCC[C@H](NC(=O)C12CCN(CC1)CC2)c1ncc(-c2ccc(Cl)c(C)c2)[nH]1. The third-order valence-electron chi connectivity index (χ3n) is 7.74. The van der Waals surface area contributed by atoms with Gasteiger partial charge in [-0.15, -0.1) is 0 Å². The molecule has 1 aromatic carbocycles. The number of imidazole rings is 1. The number of H-pyrrole nitrogens is 1. The van der Waals surface area contributed by atoms with Gasteiger partial charge in [-0.2, -0.15) is 0 Å². The van der Waals surface area contributed by atoms with Crippen LogP contribution >= 0.6 is 11.6 Å². The summed E-state index contributed by atoms with van der Waals surface area (Å²) in [4.78, 5) is 35.7. The molecule has 184 valence electrons. The number of hydrogen-bond donors (Lipinski definition) is 2. The lowest BCUT2D eigenvalue weighted by Crippen LogP contribution is -2.55. The van der Waals surface area contributed by atoms with Crippen molar-refractivity contribution < 1.29 is 9.59 Å². The molecule has 0 unspecified atom stereocenters. The Hall–Kier alpha value is -2.18. The van der Waals surface area contributed by atoms with Crippen LogP contribution in [0.1, 0.15) is 82.1 Å². The number of Topliss-reactive ketones (excluding diaryl/α,β-unsaturated/α-hetero) is 1. The van der Waals surface area contributed by atoms with Gasteiger partial charge < -0.3 is 15.2 Å². The van der Waals surface area contributed by atoms with Crippen LogP contribution in [0.25, 0.3) is 11.3 Å². The van der Waals surface area contributed by atoms with Crippen LogP contribution in [0.2, 0.25) is 5.02 Å². The summed E-state index contributed by atoms with van der Waals surface area (Å²) in [6.07, 6.45) is 9.55. The molecule has 3 aliphatic rings. The molecule has 2 aromatic rings. The van der Waals surface area contributed by atoms with E-state index in [1.54, 1.807) is 0 Å². The molecule has 3 aliphatic heterocycles. The number of fused-ring (bicyclic) bond motifs is 3. The lowest BCUT2D eigenvalue weighted by molar-refractivity contribution is -0.139. The summed E-state index contributed by atoms with van der Waals surface area (Å²) in [6.45, 7) is 6.96. The number of amides is 1. The third kappa shape index (κ3) is 5.72. The first-order valence-electron chi connectivity index (χ1n) is 12.8. The van der Waals surface area contributed by atoms with E-state index in [1.807, 2.05) is 38.2 Å². The third-order valence-corrected chi connectivity index (χ3v) is 8.17. The van der Waals surface area contributed by atoms with Gasteiger partial charge >= 0.3 is 0 Å². The number of piperidine rings is 3. The van der Waals surface area contributed by atoms with Crippen molar-refractivity contribution in [2.75, 3.05) is 19.6 Å². The summed E-state index contributed by atoms with van der Waals surface area (Å²) < 4.78 is 0. The zero-order chi connectivity index (χ0) is 24.1. The van der Waals surface area contributed by atoms with E-state index in [2.05, 4.69) is 20.2 Å². The average molecular weight is 485 g/mol.